The van der Waals surface area contributed by atoms with Crippen LogP contribution < -0.4 is 15.0 Å². The van der Waals surface area contributed by atoms with E-state index >= 15 is 0 Å². The Hall–Kier alpha value is -2.94. The number of methoxy groups -OCH3 is 2. The molecule has 4 N–H and O–H groups in total. The Bertz CT molecular complexity index is 1570. The first-order chi connectivity index (χ1) is 24.1. The van der Waals surface area contributed by atoms with E-state index in [4.69, 9.17) is 30.5 Å². The summed E-state index contributed by atoms with van der Waals surface area (Å²) >= 11 is 6.73. The summed E-state index contributed by atoms with van der Waals surface area (Å²) in [5.74, 6) is -0.692. The van der Waals surface area contributed by atoms with Gasteiger partial charge in [0.25, 0.3) is 0 Å². The van der Waals surface area contributed by atoms with Gasteiger partial charge in [0.2, 0.25) is 5.91 Å². The van der Waals surface area contributed by atoms with E-state index in [1.165, 1.54) is 19.1 Å². The molecule has 4 aliphatic heterocycles. The van der Waals surface area contributed by atoms with Crippen molar-refractivity contribution in [1.29, 1.82) is 0 Å². The molecule has 3 unspecified atom stereocenters. The van der Waals surface area contributed by atoms with E-state index in [0.29, 0.717) is 42.1 Å². The number of halogens is 1. The number of hydrogen-bond acceptors (Lipinski definition) is 9. The van der Waals surface area contributed by atoms with Gasteiger partial charge >= 0.3 is 12.1 Å². The maximum absolute atomic E-state index is 13.7. The predicted molar refractivity (Wildman–Crippen MR) is 201 cm³/mol. The second kappa shape index (κ2) is 15.8. The number of fused-ring (bicyclic) bond motifs is 6. The monoisotopic (exact) mass is 764 g/mol. The molecule has 4 aliphatic rings. The van der Waals surface area contributed by atoms with Crippen LogP contribution in [0, 0.1) is 0 Å². The number of benzene rings is 1. The molecule has 4 heterocycles. The van der Waals surface area contributed by atoms with Crippen molar-refractivity contribution in [1.82, 2.24) is 5.32 Å². The van der Waals surface area contributed by atoms with Gasteiger partial charge in [0.1, 0.15) is 28.6 Å². The number of aliphatic hydroxyl groups is 2. The van der Waals surface area contributed by atoms with Crippen LogP contribution in [0.2, 0.25) is 23.7 Å². The second-order valence-electron chi connectivity index (χ2n) is 15.9. The molecule has 1 aromatic rings. The second-order valence-corrected chi connectivity index (χ2v) is 21.7. The van der Waals surface area contributed by atoms with Gasteiger partial charge in [-0.1, -0.05) is 55.4 Å². The lowest BCUT2D eigenvalue weighted by Crippen LogP contribution is -2.72. The molecule has 290 valence electrons. The molecular formula is C38H57ClN2O10Si. The lowest BCUT2D eigenvalue weighted by Gasteiger charge is -2.61. The van der Waals surface area contributed by atoms with Crippen molar-refractivity contribution in [2.75, 3.05) is 26.2 Å². The fraction of sp³-hybridized carbons (Fsp3) is 0.658. The van der Waals surface area contributed by atoms with Crippen LogP contribution in [0.3, 0.4) is 0 Å². The van der Waals surface area contributed by atoms with Crippen LogP contribution in [-0.4, -0.2) is 97.0 Å². The van der Waals surface area contributed by atoms with Crippen molar-refractivity contribution in [3.05, 3.63) is 46.5 Å². The topological polar surface area (TPSA) is 164 Å². The third-order valence-corrected chi connectivity index (χ3v) is 18.0. The van der Waals surface area contributed by atoms with E-state index in [-0.39, 0.29) is 43.6 Å². The Morgan fingerprint density at radius 1 is 1.27 bits per heavy atom. The van der Waals surface area contributed by atoms with Crippen molar-refractivity contribution in [3.63, 3.8) is 0 Å². The Balaban J connectivity index is 1.82. The van der Waals surface area contributed by atoms with Crippen molar-refractivity contribution < 1.29 is 48.7 Å². The smallest absolute Gasteiger partial charge is 0.409 e. The van der Waals surface area contributed by atoms with Gasteiger partial charge in [0.05, 0.1) is 31.7 Å². The average Bonchev–Trinajstić information content (AvgIpc) is 3.05. The van der Waals surface area contributed by atoms with E-state index < -0.39 is 54.5 Å². The number of ether oxygens (including phenoxy) is 4. The molecule has 6 bridgehead atoms. The van der Waals surface area contributed by atoms with Crippen molar-refractivity contribution in [2.24, 2.45) is 0 Å². The highest BCUT2D eigenvalue weighted by Gasteiger charge is 2.64. The van der Waals surface area contributed by atoms with Gasteiger partial charge in [-0.2, -0.15) is 0 Å². The van der Waals surface area contributed by atoms with Gasteiger partial charge in [-0.05, 0) is 76.1 Å². The van der Waals surface area contributed by atoms with E-state index in [0.717, 1.165) is 11.1 Å². The number of carboxylic acids is 1. The zero-order valence-electron chi connectivity index (χ0n) is 32.0. The zero-order chi connectivity index (χ0) is 38.9. The quantitative estimate of drug-likeness (QED) is 0.199. The largest absolute Gasteiger partial charge is 0.495 e. The van der Waals surface area contributed by atoms with Crippen LogP contribution >= 0.6 is 11.6 Å². The summed E-state index contributed by atoms with van der Waals surface area (Å²) in [6.07, 6.45) is 4.69. The molecule has 0 spiro atoms. The first kappa shape index (κ1) is 41.8. The highest BCUT2D eigenvalue weighted by Crippen LogP contribution is 2.56. The van der Waals surface area contributed by atoms with Gasteiger partial charge < -0.3 is 39.2 Å². The van der Waals surface area contributed by atoms with E-state index in [2.05, 4.69) is 18.4 Å². The molecule has 0 aliphatic carbocycles. The molecule has 0 saturated carbocycles. The molecular weight excluding hydrogens is 708 g/mol. The number of carbonyl (C=O) groups is 3. The number of anilines is 1. The van der Waals surface area contributed by atoms with E-state index in [9.17, 15) is 29.7 Å². The van der Waals surface area contributed by atoms with Gasteiger partial charge in [-0.25, -0.2) is 4.79 Å². The molecule has 2 fully saturated rings. The molecule has 2 saturated heterocycles. The summed E-state index contributed by atoms with van der Waals surface area (Å²) in [6.45, 7) is 11.7. The average molecular weight is 765 g/mol. The Morgan fingerprint density at radius 3 is 2.54 bits per heavy atom. The minimum Gasteiger partial charge on any atom is -0.495 e. The van der Waals surface area contributed by atoms with Crippen LogP contribution in [-0.2, 0) is 30.2 Å². The van der Waals surface area contributed by atoms with Gasteiger partial charge in [-0.15, -0.1) is 0 Å². The number of carbonyl (C=O) groups excluding carboxylic acids is 2. The third kappa shape index (κ3) is 8.71. The fourth-order valence-electron chi connectivity index (χ4n) is 8.14. The number of aliphatic carboxylic acids is 1. The molecule has 0 aromatic heterocycles. The number of rotatable bonds is 10. The van der Waals surface area contributed by atoms with Crippen LogP contribution in [0.1, 0.15) is 84.6 Å². The minimum atomic E-state index is -2.67. The van der Waals surface area contributed by atoms with Gasteiger partial charge in [-0.3, -0.25) is 14.9 Å². The SMILES string of the molecule is CCC(C)(O)[Si](C)(C)C(CCC(=O)O)CC12C[C@](C)(CCC(=O)N(C)c3cc(cc(OC)c3Cl)C/C(C)=C/C=C/[C@@H](OC)[C@@]3(O)C[C@@H]1OC(=O)N3)O2. The minimum absolute atomic E-state index is 0.0933. The normalized spacial score (nSPS) is 31.9. The Labute approximate surface area is 313 Å². The Kier molecular flexibility index (Phi) is 12.7. The summed E-state index contributed by atoms with van der Waals surface area (Å²) in [5.41, 5.74) is -1.78. The molecule has 5 rings (SSSR count). The number of alkyl carbamates (subject to hydrolysis) is 1. The Morgan fingerprint density at radius 2 is 1.94 bits per heavy atom. The third-order valence-electron chi connectivity index (χ3n) is 11.9. The maximum Gasteiger partial charge on any atom is 0.409 e. The van der Waals surface area contributed by atoms with Gasteiger partial charge in [0, 0.05) is 39.8 Å². The maximum atomic E-state index is 13.7. The molecule has 12 nitrogen and oxygen atoms in total. The summed E-state index contributed by atoms with van der Waals surface area (Å²) in [7, 11) is 1.98. The number of nitrogens with zero attached hydrogens (tertiary/aromatic N) is 1. The number of hydrogen-bond donors (Lipinski definition) is 4. The number of nitrogens with one attached hydrogen (secondary N) is 1. The molecule has 0 radical (unpaired) electrons. The van der Waals surface area contributed by atoms with Crippen LogP contribution in [0.4, 0.5) is 10.5 Å². The summed E-state index contributed by atoms with van der Waals surface area (Å²) in [5, 5.41) is 35.3. The fourth-order valence-corrected chi connectivity index (χ4v) is 12.0. The number of carboxylic acid groups (broad SMARTS) is 1. The highest BCUT2D eigenvalue weighted by atomic mass is 35.5. The first-order valence-electron chi connectivity index (χ1n) is 18.0. The van der Waals surface area contributed by atoms with Crippen molar-refractivity contribution in [3.8, 4) is 5.75 Å². The summed E-state index contributed by atoms with van der Waals surface area (Å²) in [4.78, 5) is 40.4. The van der Waals surface area contributed by atoms with E-state index in [1.807, 2.05) is 39.0 Å². The standard InChI is InChI=1S/C38H57ClN2O10Si/c1-10-36(4,46)52(8,9)26(14-15-32(43)44)21-37-23-35(3,51-37)17-16-31(42)41(5)27-19-25(20-28(48-6)33(27)39)18-24(2)12-11-13-29(49-7)38(47)22-30(37)50-34(45)40-38/h11-13,19-20,26,29-30,46-47H,10,14-18,21-23H2,1-9H3,(H,40,45)(H,43,44)/b13-11+,24-12+/t26?,29-,30+,35+,36?,37?,38+/m1/s1. The van der Waals surface area contributed by atoms with Crippen LogP contribution in [0.15, 0.2) is 35.9 Å². The predicted octanol–water partition coefficient (Wildman–Crippen LogP) is 6.30. The molecule has 7 atom stereocenters. The zero-order valence-corrected chi connectivity index (χ0v) is 33.8. The van der Waals surface area contributed by atoms with Gasteiger partial charge in [0.15, 0.2) is 5.72 Å². The number of allylic oxidation sites excluding steroid dienone is 3. The lowest BCUT2D eigenvalue weighted by atomic mass is 9.69. The molecule has 1 aromatic carbocycles. The van der Waals surface area contributed by atoms with E-state index in [1.54, 1.807) is 26.1 Å². The summed E-state index contributed by atoms with van der Waals surface area (Å²) < 4.78 is 24.2. The number of amides is 2. The van der Waals surface area contributed by atoms with Crippen LogP contribution in [0.5, 0.6) is 5.75 Å². The lowest BCUT2D eigenvalue weighted by molar-refractivity contribution is -0.316. The summed E-state index contributed by atoms with van der Waals surface area (Å²) in [6, 6.07) is 3.71. The van der Waals surface area contributed by atoms with Crippen molar-refractivity contribution in [2.45, 2.75) is 138 Å². The molecule has 2 amide bonds. The highest BCUT2D eigenvalue weighted by molar-refractivity contribution is 6.81. The van der Waals surface area contributed by atoms with Crippen LogP contribution in [0.25, 0.3) is 0 Å². The van der Waals surface area contributed by atoms with Crippen molar-refractivity contribution >= 4 is 43.3 Å². The molecule has 52 heavy (non-hydrogen) atoms. The first-order valence-corrected chi connectivity index (χ1v) is 21.5. The molecule has 14 heteroatoms.